The van der Waals surface area contributed by atoms with E-state index in [1.165, 1.54) is 0 Å². The lowest BCUT2D eigenvalue weighted by Gasteiger charge is -2.43. The Balaban J connectivity index is 2.36. The zero-order valence-electron chi connectivity index (χ0n) is 10.7. The second kappa shape index (κ2) is 6.07. The molecule has 0 bridgehead atoms. The van der Waals surface area contributed by atoms with Crippen molar-refractivity contribution >= 4 is 5.69 Å². The molecule has 1 aliphatic rings. The second-order valence-electron chi connectivity index (χ2n) is 4.68. The Morgan fingerprint density at radius 2 is 1.78 bits per heavy atom. The van der Waals surface area contributed by atoms with Crippen LogP contribution in [-0.4, -0.2) is 42.6 Å². The first-order valence-electron chi connectivity index (χ1n) is 6.45. The molecule has 2 N–H and O–H groups in total. The first-order valence-corrected chi connectivity index (χ1v) is 6.45. The highest BCUT2D eigenvalue weighted by molar-refractivity contribution is 5.60. The zero-order chi connectivity index (χ0) is 13.0. The summed E-state index contributed by atoms with van der Waals surface area (Å²) < 4.78 is 5.38. The van der Waals surface area contributed by atoms with E-state index in [-0.39, 0.29) is 25.3 Å². The highest BCUT2D eigenvalue weighted by Gasteiger charge is 2.31. The van der Waals surface area contributed by atoms with E-state index in [0.717, 1.165) is 30.7 Å². The number of aliphatic hydroxyl groups excluding tert-OH is 2. The Bertz CT molecular complexity index is 371. The topological polar surface area (TPSA) is 52.9 Å². The molecule has 1 aromatic carbocycles. The van der Waals surface area contributed by atoms with E-state index in [2.05, 4.69) is 4.90 Å². The van der Waals surface area contributed by atoms with Crippen LogP contribution in [-0.2, 0) is 0 Å². The van der Waals surface area contributed by atoms with Crippen LogP contribution < -0.4 is 9.64 Å². The molecule has 0 radical (unpaired) electrons. The summed E-state index contributed by atoms with van der Waals surface area (Å²) >= 11 is 0. The highest BCUT2D eigenvalue weighted by Crippen LogP contribution is 2.35. The van der Waals surface area contributed by atoms with Gasteiger partial charge < -0.3 is 19.8 Å². The van der Waals surface area contributed by atoms with Crippen molar-refractivity contribution in [1.82, 2.24) is 0 Å². The first kappa shape index (κ1) is 13.2. The molecule has 1 heterocycles. The molecule has 4 nitrogen and oxygen atoms in total. The number of para-hydroxylation sites is 2. The number of aliphatic hydroxyl groups is 2. The predicted octanol–water partition coefficient (Wildman–Crippen LogP) is 1.41. The summed E-state index contributed by atoms with van der Waals surface area (Å²) in [7, 11) is 1.64. The molecule has 0 aromatic heterocycles. The first-order chi connectivity index (χ1) is 8.81. The normalized spacial score (nSPS) is 24.1. The van der Waals surface area contributed by atoms with Crippen molar-refractivity contribution in [2.75, 3.05) is 25.2 Å². The lowest BCUT2D eigenvalue weighted by atomic mass is 9.95. The number of rotatable bonds is 4. The van der Waals surface area contributed by atoms with Gasteiger partial charge in [-0.25, -0.2) is 0 Å². The summed E-state index contributed by atoms with van der Waals surface area (Å²) in [5.41, 5.74) is 0.956. The van der Waals surface area contributed by atoms with E-state index in [4.69, 9.17) is 4.74 Å². The average molecular weight is 251 g/mol. The van der Waals surface area contributed by atoms with Crippen molar-refractivity contribution in [2.24, 2.45) is 0 Å². The number of methoxy groups -OCH3 is 1. The van der Waals surface area contributed by atoms with Gasteiger partial charge >= 0.3 is 0 Å². The summed E-state index contributed by atoms with van der Waals surface area (Å²) in [5.74, 6) is 0.788. The second-order valence-corrected chi connectivity index (χ2v) is 4.68. The molecule has 0 aliphatic carbocycles. The zero-order valence-corrected chi connectivity index (χ0v) is 10.7. The third-order valence-electron chi connectivity index (χ3n) is 3.65. The quantitative estimate of drug-likeness (QED) is 0.849. The largest absolute Gasteiger partial charge is 0.495 e. The van der Waals surface area contributed by atoms with Crippen LogP contribution in [0.25, 0.3) is 0 Å². The Morgan fingerprint density at radius 3 is 2.33 bits per heavy atom. The van der Waals surface area contributed by atoms with Crippen LogP contribution in [0.15, 0.2) is 24.3 Å². The molecule has 0 unspecified atom stereocenters. The highest BCUT2D eigenvalue weighted by atomic mass is 16.5. The van der Waals surface area contributed by atoms with Crippen LogP contribution in [0.5, 0.6) is 5.75 Å². The van der Waals surface area contributed by atoms with Gasteiger partial charge in [0.15, 0.2) is 0 Å². The fraction of sp³-hybridized carbons (Fsp3) is 0.571. The molecular formula is C14H21NO3. The van der Waals surface area contributed by atoms with Gasteiger partial charge in [-0.1, -0.05) is 12.1 Å². The van der Waals surface area contributed by atoms with E-state index in [0.29, 0.717) is 0 Å². The molecule has 1 fully saturated rings. The summed E-state index contributed by atoms with van der Waals surface area (Å²) in [6.45, 7) is 0.211. The maximum absolute atomic E-state index is 9.54. The number of piperidine rings is 1. The van der Waals surface area contributed by atoms with Crippen LogP contribution >= 0.6 is 0 Å². The summed E-state index contributed by atoms with van der Waals surface area (Å²) in [6.07, 6.45) is 2.94. The molecule has 2 rings (SSSR count). The van der Waals surface area contributed by atoms with Gasteiger partial charge in [0.05, 0.1) is 38.1 Å². The summed E-state index contributed by atoms with van der Waals surface area (Å²) in [5, 5.41) is 19.1. The Morgan fingerprint density at radius 1 is 1.17 bits per heavy atom. The Kier molecular flexibility index (Phi) is 4.44. The van der Waals surface area contributed by atoms with E-state index in [9.17, 15) is 10.2 Å². The van der Waals surface area contributed by atoms with E-state index in [1.807, 2.05) is 24.3 Å². The molecule has 0 saturated carbocycles. The van der Waals surface area contributed by atoms with Gasteiger partial charge in [0.2, 0.25) is 0 Å². The van der Waals surface area contributed by atoms with Gasteiger partial charge in [-0.05, 0) is 31.4 Å². The molecule has 0 amide bonds. The van der Waals surface area contributed by atoms with Gasteiger partial charge in [0.25, 0.3) is 0 Å². The Labute approximate surface area is 108 Å². The minimum Gasteiger partial charge on any atom is -0.495 e. The standard InChI is InChI=1S/C14H21NO3/c1-18-14-8-3-2-7-13(14)15-11(9-16)5-4-6-12(15)10-17/h2-3,7-8,11-12,16-17H,4-6,9-10H2,1H3/t11-,12+. The summed E-state index contributed by atoms with van der Waals surface area (Å²) in [6, 6.07) is 7.89. The van der Waals surface area contributed by atoms with Crippen molar-refractivity contribution in [2.45, 2.75) is 31.3 Å². The van der Waals surface area contributed by atoms with Crippen molar-refractivity contribution in [3.63, 3.8) is 0 Å². The van der Waals surface area contributed by atoms with Crippen LogP contribution in [0.3, 0.4) is 0 Å². The predicted molar refractivity (Wildman–Crippen MR) is 71.1 cm³/mol. The lowest BCUT2D eigenvalue weighted by Crippen LogP contribution is -2.50. The monoisotopic (exact) mass is 251 g/mol. The molecule has 1 saturated heterocycles. The van der Waals surface area contributed by atoms with Crippen LogP contribution in [0.1, 0.15) is 19.3 Å². The average Bonchev–Trinajstić information content (AvgIpc) is 2.46. The van der Waals surface area contributed by atoms with Crippen molar-refractivity contribution in [3.8, 4) is 5.75 Å². The van der Waals surface area contributed by atoms with Gasteiger partial charge in [-0.2, -0.15) is 0 Å². The molecule has 4 heteroatoms. The van der Waals surface area contributed by atoms with Crippen molar-refractivity contribution < 1.29 is 14.9 Å². The smallest absolute Gasteiger partial charge is 0.142 e. The van der Waals surface area contributed by atoms with Gasteiger partial charge in [-0.15, -0.1) is 0 Å². The minimum atomic E-state index is 0.0622. The molecule has 0 spiro atoms. The van der Waals surface area contributed by atoms with Gasteiger partial charge in [0, 0.05) is 0 Å². The fourth-order valence-electron chi connectivity index (χ4n) is 2.76. The van der Waals surface area contributed by atoms with E-state index < -0.39 is 0 Å². The molecule has 2 atom stereocenters. The van der Waals surface area contributed by atoms with E-state index >= 15 is 0 Å². The molecule has 100 valence electrons. The maximum Gasteiger partial charge on any atom is 0.142 e. The number of anilines is 1. The number of nitrogens with zero attached hydrogens (tertiary/aromatic N) is 1. The summed E-state index contributed by atoms with van der Waals surface area (Å²) in [4.78, 5) is 2.11. The van der Waals surface area contributed by atoms with Gasteiger partial charge in [-0.3, -0.25) is 0 Å². The van der Waals surface area contributed by atoms with Crippen molar-refractivity contribution in [1.29, 1.82) is 0 Å². The van der Waals surface area contributed by atoms with Crippen LogP contribution in [0.4, 0.5) is 5.69 Å². The number of hydrogen-bond donors (Lipinski definition) is 2. The molecular weight excluding hydrogens is 230 g/mol. The van der Waals surface area contributed by atoms with Crippen molar-refractivity contribution in [3.05, 3.63) is 24.3 Å². The SMILES string of the molecule is COc1ccccc1N1[C@H](CO)CCC[C@@H]1CO. The van der Waals surface area contributed by atoms with Crippen LogP contribution in [0.2, 0.25) is 0 Å². The molecule has 18 heavy (non-hydrogen) atoms. The third-order valence-corrected chi connectivity index (χ3v) is 3.65. The fourth-order valence-corrected chi connectivity index (χ4v) is 2.76. The number of benzene rings is 1. The maximum atomic E-state index is 9.54. The van der Waals surface area contributed by atoms with E-state index in [1.54, 1.807) is 7.11 Å². The van der Waals surface area contributed by atoms with Crippen LogP contribution in [0, 0.1) is 0 Å². The molecule has 1 aliphatic heterocycles. The van der Waals surface area contributed by atoms with Gasteiger partial charge in [0.1, 0.15) is 5.75 Å². The minimum absolute atomic E-state index is 0.0622. The molecule has 1 aromatic rings. The number of ether oxygens (including phenoxy) is 1. The third kappa shape index (κ3) is 2.44. The Hall–Kier alpha value is -1.26. The number of hydrogen-bond acceptors (Lipinski definition) is 4. The lowest BCUT2D eigenvalue weighted by molar-refractivity contribution is 0.186.